The predicted molar refractivity (Wildman–Crippen MR) is 64.5 cm³/mol. The molecule has 3 nitrogen and oxygen atoms in total. The van der Waals surface area contributed by atoms with Crippen molar-refractivity contribution in [3.05, 3.63) is 23.5 Å². The maximum atomic E-state index is 12.3. The zero-order chi connectivity index (χ0) is 11.8. The van der Waals surface area contributed by atoms with E-state index in [9.17, 15) is 4.79 Å². The fraction of sp³-hybridized carbons (Fsp3) is 0.615. The number of aromatic amines is 1. The van der Waals surface area contributed by atoms with Crippen molar-refractivity contribution < 1.29 is 4.79 Å². The number of aromatic nitrogens is 1. The first kappa shape index (κ1) is 11.2. The fourth-order valence-electron chi connectivity index (χ4n) is 2.25. The molecule has 1 aliphatic heterocycles. The molecule has 3 heteroatoms. The summed E-state index contributed by atoms with van der Waals surface area (Å²) in [6.07, 6.45) is 3.93. The zero-order valence-corrected chi connectivity index (χ0v) is 10.3. The average molecular weight is 220 g/mol. The van der Waals surface area contributed by atoms with Gasteiger partial charge in [0.2, 0.25) is 0 Å². The Kier molecular flexibility index (Phi) is 2.78. The Morgan fingerprint density at radius 1 is 1.44 bits per heavy atom. The third-order valence-corrected chi connectivity index (χ3v) is 2.87. The normalized spacial score (nSPS) is 17.2. The Morgan fingerprint density at radius 3 is 2.88 bits per heavy atom. The molecule has 0 spiro atoms. The van der Waals surface area contributed by atoms with Crippen LogP contribution in [0.4, 0.5) is 0 Å². The van der Waals surface area contributed by atoms with Crippen LogP contribution in [0.5, 0.6) is 0 Å². The first-order valence-electron chi connectivity index (χ1n) is 5.93. The smallest absolute Gasteiger partial charge is 0.270 e. The predicted octanol–water partition coefficient (Wildman–Crippen LogP) is 2.45. The van der Waals surface area contributed by atoms with Gasteiger partial charge in [-0.25, -0.2) is 0 Å². The molecule has 0 unspecified atom stereocenters. The molecule has 2 rings (SSSR count). The molecule has 0 aliphatic carbocycles. The Bertz CT molecular complexity index is 387. The Balaban J connectivity index is 2.21. The topological polar surface area (TPSA) is 36.1 Å². The van der Waals surface area contributed by atoms with Gasteiger partial charge in [-0.3, -0.25) is 4.79 Å². The minimum Gasteiger partial charge on any atom is -0.357 e. The van der Waals surface area contributed by atoms with E-state index in [2.05, 4.69) is 25.8 Å². The minimum atomic E-state index is 0.159. The van der Waals surface area contributed by atoms with Crippen molar-refractivity contribution in [2.75, 3.05) is 13.1 Å². The van der Waals surface area contributed by atoms with E-state index in [1.54, 1.807) is 0 Å². The van der Waals surface area contributed by atoms with Crippen molar-refractivity contribution in [1.29, 1.82) is 0 Å². The van der Waals surface area contributed by atoms with Crippen molar-refractivity contribution in [1.82, 2.24) is 9.88 Å². The second kappa shape index (κ2) is 3.96. The van der Waals surface area contributed by atoms with Crippen molar-refractivity contribution in [2.24, 2.45) is 5.41 Å². The molecule has 0 saturated carbocycles. The molecule has 1 aromatic rings. The average Bonchev–Trinajstić information content (AvgIpc) is 2.56. The molecule has 1 N–H and O–H groups in total. The molecular formula is C13H20N2O. The van der Waals surface area contributed by atoms with Gasteiger partial charge in [0.1, 0.15) is 5.69 Å². The largest absolute Gasteiger partial charge is 0.357 e. The van der Waals surface area contributed by atoms with Crippen LogP contribution in [0.15, 0.2) is 12.3 Å². The highest BCUT2D eigenvalue weighted by Crippen LogP contribution is 2.21. The molecule has 0 aromatic carbocycles. The van der Waals surface area contributed by atoms with Crippen molar-refractivity contribution >= 4 is 5.91 Å². The number of nitrogens with zero attached hydrogens (tertiary/aromatic N) is 1. The summed E-state index contributed by atoms with van der Waals surface area (Å²) >= 11 is 0. The molecule has 0 saturated heterocycles. The Hall–Kier alpha value is -1.25. The summed E-state index contributed by atoms with van der Waals surface area (Å²) in [6, 6.07) is 2.02. The minimum absolute atomic E-state index is 0.159. The summed E-state index contributed by atoms with van der Waals surface area (Å²) in [4.78, 5) is 17.3. The van der Waals surface area contributed by atoms with Gasteiger partial charge in [0.25, 0.3) is 5.91 Å². The van der Waals surface area contributed by atoms with Crippen LogP contribution in [0.25, 0.3) is 0 Å². The van der Waals surface area contributed by atoms with Gasteiger partial charge in [-0.2, -0.15) is 0 Å². The molecule has 0 fully saturated rings. The van der Waals surface area contributed by atoms with Gasteiger partial charge in [-0.05, 0) is 29.9 Å². The molecule has 88 valence electrons. The summed E-state index contributed by atoms with van der Waals surface area (Å²) in [6.45, 7) is 8.20. The van der Waals surface area contributed by atoms with Crippen LogP contribution >= 0.6 is 0 Å². The lowest BCUT2D eigenvalue weighted by Crippen LogP contribution is -2.37. The van der Waals surface area contributed by atoms with Crippen LogP contribution in [-0.2, 0) is 6.42 Å². The quantitative estimate of drug-likeness (QED) is 0.775. The van der Waals surface area contributed by atoms with E-state index in [0.717, 1.165) is 31.6 Å². The molecule has 0 bridgehead atoms. The number of aryl methyl sites for hydroxylation is 1. The van der Waals surface area contributed by atoms with E-state index in [1.165, 1.54) is 5.56 Å². The van der Waals surface area contributed by atoms with Crippen molar-refractivity contribution in [3.63, 3.8) is 0 Å². The highest BCUT2D eigenvalue weighted by atomic mass is 16.2. The number of nitrogens with one attached hydrogen (secondary N) is 1. The molecular weight excluding hydrogens is 200 g/mol. The molecule has 1 amide bonds. The first-order valence-corrected chi connectivity index (χ1v) is 5.93. The lowest BCUT2D eigenvalue weighted by atomic mass is 9.96. The van der Waals surface area contributed by atoms with E-state index in [4.69, 9.17) is 0 Å². The summed E-state index contributed by atoms with van der Waals surface area (Å²) in [5.74, 6) is 0.160. The van der Waals surface area contributed by atoms with Crippen LogP contribution in [0.3, 0.4) is 0 Å². The molecule has 2 heterocycles. The van der Waals surface area contributed by atoms with Crippen LogP contribution in [0.2, 0.25) is 0 Å². The second-order valence-corrected chi connectivity index (χ2v) is 5.77. The number of amides is 1. The third kappa shape index (κ3) is 2.29. The van der Waals surface area contributed by atoms with E-state index in [1.807, 2.05) is 17.2 Å². The monoisotopic (exact) mass is 220 g/mol. The van der Waals surface area contributed by atoms with Gasteiger partial charge in [-0.15, -0.1) is 0 Å². The highest BCUT2D eigenvalue weighted by Gasteiger charge is 2.26. The van der Waals surface area contributed by atoms with Crippen molar-refractivity contribution in [3.8, 4) is 0 Å². The summed E-state index contributed by atoms with van der Waals surface area (Å²) in [5.41, 5.74) is 2.12. The lowest BCUT2D eigenvalue weighted by molar-refractivity contribution is 0.0696. The molecule has 0 atom stereocenters. The standard InChI is InChI=1S/C13H20N2O/c1-13(2,3)9-15-8-4-5-10-6-7-14-11(10)12(15)16/h6-7,14H,4-5,8-9H2,1-3H3. The third-order valence-electron chi connectivity index (χ3n) is 2.87. The summed E-state index contributed by atoms with van der Waals surface area (Å²) < 4.78 is 0. The number of H-pyrrole nitrogens is 1. The van der Waals surface area contributed by atoms with Crippen LogP contribution in [-0.4, -0.2) is 28.9 Å². The number of rotatable bonds is 1. The van der Waals surface area contributed by atoms with E-state index < -0.39 is 0 Å². The molecule has 1 aromatic heterocycles. The number of carbonyl (C=O) groups excluding carboxylic acids is 1. The van der Waals surface area contributed by atoms with Gasteiger partial charge < -0.3 is 9.88 Å². The van der Waals surface area contributed by atoms with Gasteiger partial charge in [0.05, 0.1) is 0 Å². The van der Waals surface area contributed by atoms with Crippen LogP contribution < -0.4 is 0 Å². The maximum Gasteiger partial charge on any atom is 0.270 e. The lowest BCUT2D eigenvalue weighted by Gasteiger charge is -2.28. The number of hydrogen-bond donors (Lipinski definition) is 1. The first-order chi connectivity index (χ1) is 7.47. The number of hydrogen-bond acceptors (Lipinski definition) is 1. The summed E-state index contributed by atoms with van der Waals surface area (Å²) in [7, 11) is 0. The van der Waals surface area contributed by atoms with Crippen LogP contribution in [0, 0.1) is 5.41 Å². The van der Waals surface area contributed by atoms with Gasteiger partial charge in [0.15, 0.2) is 0 Å². The number of carbonyl (C=O) groups is 1. The van der Waals surface area contributed by atoms with E-state index in [-0.39, 0.29) is 11.3 Å². The maximum absolute atomic E-state index is 12.3. The SMILES string of the molecule is CC(C)(C)CN1CCCc2cc[nH]c2C1=O. The Labute approximate surface area is 96.8 Å². The van der Waals surface area contributed by atoms with E-state index >= 15 is 0 Å². The van der Waals surface area contributed by atoms with Gasteiger partial charge in [-0.1, -0.05) is 20.8 Å². The molecule has 1 aliphatic rings. The van der Waals surface area contributed by atoms with Gasteiger partial charge in [0, 0.05) is 19.3 Å². The molecule has 16 heavy (non-hydrogen) atoms. The second-order valence-electron chi connectivity index (χ2n) is 5.77. The molecule has 0 radical (unpaired) electrons. The van der Waals surface area contributed by atoms with E-state index in [0.29, 0.717) is 0 Å². The highest BCUT2D eigenvalue weighted by molar-refractivity contribution is 5.94. The van der Waals surface area contributed by atoms with Crippen molar-refractivity contribution in [2.45, 2.75) is 33.6 Å². The van der Waals surface area contributed by atoms with Crippen LogP contribution in [0.1, 0.15) is 43.2 Å². The summed E-state index contributed by atoms with van der Waals surface area (Å²) in [5, 5.41) is 0. The number of fused-ring (bicyclic) bond motifs is 1. The Morgan fingerprint density at radius 2 is 2.19 bits per heavy atom. The van der Waals surface area contributed by atoms with Gasteiger partial charge >= 0.3 is 0 Å². The fourth-order valence-corrected chi connectivity index (χ4v) is 2.25. The zero-order valence-electron chi connectivity index (χ0n) is 10.3.